The number of likely N-dealkylation sites (N-methyl/N-ethyl adjacent to an activating group) is 1. The first-order valence-electron chi connectivity index (χ1n) is 8.75. The van der Waals surface area contributed by atoms with E-state index in [4.69, 9.17) is 4.74 Å². The Morgan fingerprint density at radius 3 is 2.54 bits per heavy atom. The van der Waals surface area contributed by atoms with Gasteiger partial charge in [0.1, 0.15) is 12.4 Å². The van der Waals surface area contributed by atoms with Gasteiger partial charge in [0.15, 0.2) is 0 Å². The van der Waals surface area contributed by atoms with Crippen LogP contribution in [0.1, 0.15) is 45.1 Å². The molecule has 0 bridgehead atoms. The molecule has 1 aliphatic rings. The monoisotopic (exact) mass is 354 g/mol. The minimum Gasteiger partial charge on any atom is -0.492 e. The van der Waals surface area contributed by atoms with Crippen molar-refractivity contribution in [3.63, 3.8) is 0 Å². The average Bonchev–Trinajstić information content (AvgIpc) is 2.54. The molecule has 6 heteroatoms. The van der Waals surface area contributed by atoms with Crippen LogP contribution in [0.25, 0.3) is 0 Å². The van der Waals surface area contributed by atoms with Crippen LogP contribution in [-0.2, 0) is 10.0 Å². The molecular weight excluding hydrogens is 324 g/mol. The van der Waals surface area contributed by atoms with Crippen molar-refractivity contribution in [2.45, 2.75) is 51.6 Å². The molecule has 0 aromatic heterocycles. The van der Waals surface area contributed by atoms with Crippen LogP contribution in [0.3, 0.4) is 0 Å². The summed E-state index contributed by atoms with van der Waals surface area (Å²) in [5.74, 6) is 1.43. The van der Waals surface area contributed by atoms with Crippen molar-refractivity contribution in [1.82, 2.24) is 9.62 Å². The number of piperidine rings is 1. The molecule has 0 amide bonds. The van der Waals surface area contributed by atoms with E-state index in [-0.39, 0.29) is 17.8 Å². The quantitative estimate of drug-likeness (QED) is 0.818. The molecule has 1 heterocycles. The van der Waals surface area contributed by atoms with Crippen LogP contribution in [0.4, 0.5) is 0 Å². The van der Waals surface area contributed by atoms with Crippen LogP contribution in [0.2, 0.25) is 0 Å². The topological polar surface area (TPSA) is 58.6 Å². The van der Waals surface area contributed by atoms with E-state index in [0.29, 0.717) is 12.5 Å². The molecule has 1 N–H and O–H groups in total. The predicted molar refractivity (Wildman–Crippen MR) is 98.1 cm³/mol. The number of nitrogens with zero attached hydrogens (tertiary/aromatic N) is 1. The van der Waals surface area contributed by atoms with E-state index >= 15 is 0 Å². The second-order valence-electron chi connectivity index (χ2n) is 6.85. The lowest BCUT2D eigenvalue weighted by Crippen LogP contribution is -2.56. The Hall–Kier alpha value is -1.11. The fourth-order valence-electron chi connectivity index (χ4n) is 3.05. The van der Waals surface area contributed by atoms with Gasteiger partial charge in [-0.25, -0.2) is 13.1 Å². The highest BCUT2D eigenvalue weighted by Gasteiger charge is 2.32. The summed E-state index contributed by atoms with van der Waals surface area (Å²) in [5, 5.41) is 0. The molecule has 0 aliphatic carbocycles. The molecule has 1 aromatic rings. The third-order valence-electron chi connectivity index (χ3n) is 4.74. The Bertz CT molecular complexity index is 614. The highest BCUT2D eigenvalue weighted by Crippen LogP contribution is 2.21. The van der Waals surface area contributed by atoms with E-state index in [1.165, 1.54) is 5.56 Å². The van der Waals surface area contributed by atoms with Crippen molar-refractivity contribution < 1.29 is 13.2 Å². The molecule has 1 aromatic carbocycles. The maximum atomic E-state index is 11.9. The summed E-state index contributed by atoms with van der Waals surface area (Å²) in [6, 6.07) is 8.10. The summed E-state index contributed by atoms with van der Waals surface area (Å²) < 4.78 is 32.6. The summed E-state index contributed by atoms with van der Waals surface area (Å²) in [6.07, 6.45) is 1.84. The molecule has 0 saturated carbocycles. The first kappa shape index (κ1) is 19.2. The second-order valence-corrected chi connectivity index (χ2v) is 8.90. The van der Waals surface area contributed by atoms with E-state index in [1.807, 2.05) is 19.2 Å². The lowest BCUT2D eigenvalue weighted by atomic mass is 9.98. The number of hydrogen-bond acceptors (Lipinski definition) is 4. The van der Waals surface area contributed by atoms with E-state index in [0.717, 1.165) is 25.1 Å². The third kappa shape index (κ3) is 5.19. The second kappa shape index (κ2) is 8.32. The van der Waals surface area contributed by atoms with Crippen molar-refractivity contribution in [3.05, 3.63) is 29.8 Å². The number of hydrogen-bond donors (Lipinski definition) is 1. The van der Waals surface area contributed by atoms with Gasteiger partial charge in [-0.05, 0) is 57.0 Å². The molecule has 1 fully saturated rings. The van der Waals surface area contributed by atoms with Crippen LogP contribution in [0.15, 0.2) is 24.3 Å². The maximum Gasteiger partial charge on any atom is 0.211 e. The van der Waals surface area contributed by atoms with Crippen molar-refractivity contribution in [3.8, 4) is 5.75 Å². The van der Waals surface area contributed by atoms with Crippen LogP contribution in [-0.4, -0.2) is 51.4 Å². The largest absolute Gasteiger partial charge is 0.492 e. The number of rotatable bonds is 7. The fraction of sp³-hybridized carbons (Fsp3) is 0.667. The lowest BCUT2D eigenvalue weighted by Gasteiger charge is -2.39. The number of benzene rings is 1. The van der Waals surface area contributed by atoms with Crippen LogP contribution in [0.5, 0.6) is 5.75 Å². The van der Waals surface area contributed by atoms with Gasteiger partial charge in [0, 0.05) is 6.04 Å². The zero-order valence-electron chi connectivity index (χ0n) is 15.2. The normalized spacial score (nSPS) is 22.7. The number of nitrogens with one attached hydrogen (secondary N) is 1. The van der Waals surface area contributed by atoms with Crippen molar-refractivity contribution in [2.75, 3.05) is 26.0 Å². The van der Waals surface area contributed by atoms with Crippen LogP contribution in [0, 0.1) is 0 Å². The molecule has 24 heavy (non-hydrogen) atoms. The minimum atomic E-state index is -3.21. The SMILES string of the molecule is CCS(=O)(=O)NC1CCCN(C)C1COc1ccc(C(C)C)cc1. The fourth-order valence-corrected chi connectivity index (χ4v) is 3.95. The molecule has 1 aliphatic heterocycles. The van der Waals surface area contributed by atoms with Gasteiger partial charge in [0.05, 0.1) is 11.8 Å². The van der Waals surface area contributed by atoms with Crippen LogP contribution < -0.4 is 9.46 Å². The minimum absolute atomic E-state index is 0.0462. The molecule has 2 atom stereocenters. The Labute approximate surface area is 146 Å². The van der Waals surface area contributed by atoms with Gasteiger partial charge < -0.3 is 4.74 Å². The molecule has 136 valence electrons. The van der Waals surface area contributed by atoms with Crippen molar-refractivity contribution >= 4 is 10.0 Å². The van der Waals surface area contributed by atoms with Crippen LogP contribution >= 0.6 is 0 Å². The Morgan fingerprint density at radius 2 is 1.96 bits per heavy atom. The number of sulfonamides is 1. The van der Waals surface area contributed by atoms with E-state index in [9.17, 15) is 8.42 Å². The Balaban J connectivity index is 2.01. The van der Waals surface area contributed by atoms with Gasteiger partial charge in [-0.15, -0.1) is 0 Å². The van der Waals surface area contributed by atoms with Crippen molar-refractivity contribution in [2.24, 2.45) is 0 Å². The lowest BCUT2D eigenvalue weighted by molar-refractivity contribution is 0.102. The van der Waals surface area contributed by atoms with Gasteiger partial charge >= 0.3 is 0 Å². The van der Waals surface area contributed by atoms with Gasteiger partial charge in [-0.2, -0.15) is 0 Å². The summed E-state index contributed by atoms with van der Waals surface area (Å²) in [4.78, 5) is 2.19. The molecule has 2 unspecified atom stereocenters. The molecule has 0 radical (unpaired) electrons. The Kier molecular flexibility index (Phi) is 6.66. The zero-order chi connectivity index (χ0) is 17.7. The van der Waals surface area contributed by atoms with E-state index in [1.54, 1.807) is 6.92 Å². The number of likely N-dealkylation sites (tertiary alicyclic amines) is 1. The maximum absolute atomic E-state index is 11.9. The van der Waals surface area contributed by atoms with E-state index < -0.39 is 10.0 Å². The van der Waals surface area contributed by atoms with Crippen molar-refractivity contribution in [1.29, 1.82) is 0 Å². The van der Waals surface area contributed by atoms with Gasteiger partial charge in [-0.1, -0.05) is 26.0 Å². The first-order valence-corrected chi connectivity index (χ1v) is 10.4. The van der Waals surface area contributed by atoms with Gasteiger partial charge in [0.2, 0.25) is 10.0 Å². The summed E-state index contributed by atoms with van der Waals surface area (Å²) in [6.45, 7) is 7.43. The zero-order valence-corrected chi connectivity index (χ0v) is 16.0. The summed E-state index contributed by atoms with van der Waals surface area (Å²) >= 11 is 0. The molecule has 0 spiro atoms. The Morgan fingerprint density at radius 1 is 1.29 bits per heavy atom. The summed E-state index contributed by atoms with van der Waals surface area (Å²) in [5.41, 5.74) is 1.28. The standard InChI is InChI=1S/C18H30N2O3S/c1-5-24(21,22)19-17-7-6-12-20(4)18(17)13-23-16-10-8-15(9-11-16)14(2)3/h8-11,14,17-19H,5-7,12-13H2,1-4H3. The predicted octanol–water partition coefficient (Wildman–Crippen LogP) is 2.59. The molecule has 2 rings (SSSR count). The van der Waals surface area contributed by atoms with E-state index in [2.05, 4.69) is 35.6 Å². The number of ether oxygens (including phenoxy) is 1. The van der Waals surface area contributed by atoms with Gasteiger partial charge in [-0.3, -0.25) is 4.90 Å². The average molecular weight is 355 g/mol. The smallest absolute Gasteiger partial charge is 0.211 e. The first-order chi connectivity index (χ1) is 11.3. The molecule has 5 nitrogen and oxygen atoms in total. The summed E-state index contributed by atoms with van der Waals surface area (Å²) in [7, 11) is -1.18. The third-order valence-corrected chi connectivity index (χ3v) is 6.16. The molecular formula is C18H30N2O3S. The molecule has 1 saturated heterocycles. The highest BCUT2D eigenvalue weighted by atomic mass is 32.2. The van der Waals surface area contributed by atoms with Gasteiger partial charge in [0.25, 0.3) is 0 Å². The highest BCUT2D eigenvalue weighted by molar-refractivity contribution is 7.89.